The van der Waals surface area contributed by atoms with Crippen LogP contribution in [0, 0.1) is 5.41 Å². The number of carbonyl (C=O) groups excluding carboxylic acids is 2. The molecule has 0 amide bonds. The van der Waals surface area contributed by atoms with Crippen LogP contribution in [0.3, 0.4) is 0 Å². The molecule has 102 valence electrons. The Bertz CT molecular complexity index is 680. The Morgan fingerprint density at radius 2 is 1.60 bits per heavy atom. The molecular formula is C15H14N2O3. The van der Waals surface area contributed by atoms with Gasteiger partial charge < -0.3 is 4.74 Å². The second-order valence-corrected chi connectivity index (χ2v) is 5.09. The molecule has 1 aliphatic carbocycles. The van der Waals surface area contributed by atoms with Crippen molar-refractivity contribution in [2.45, 2.75) is 19.8 Å². The topological polar surface area (TPSA) is 69.2 Å². The number of aromatic nitrogens is 2. The van der Waals surface area contributed by atoms with Gasteiger partial charge in [0.05, 0.1) is 29.5 Å². The zero-order valence-electron chi connectivity index (χ0n) is 11.3. The van der Waals surface area contributed by atoms with E-state index in [1.165, 1.54) is 14.0 Å². The van der Waals surface area contributed by atoms with Gasteiger partial charge in [-0.1, -0.05) is 12.1 Å². The van der Waals surface area contributed by atoms with E-state index in [0.717, 1.165) is 11.0 Å². The summed E-state index contributed by atoms with van der Waals surface area (Å²) in [6.07, 6.45) is 0.532. The molecule has 0 saturated heterocycles. The van der Waals surface area contributed by atoms with E-state index in [1.807, 2.05) is 24.3 Å². The van der Waals surface area contributed by atoms with Crippen LogP contribution in [0.15, 0.2) is 24.3 Å². The fraction of sp³-hybridized carbons (Fsp3) is 0.333. The van der Waals surface area contributed by atoms with E-state index in [0.29, 0.717) is 11.4 Å². The smallest absolute Gasteiger partial charge is 0.320 e. The highest BCUT2D eigenvalue weighted by molar-refractivity contribution is 6.04. The number of para-hydroxylation sites is 2. The van der Waals surface area contributed by atoms with Gasteiger partial charge in [-0.05, 0) is 19.1 Å². The maximum Gasteiger partial charge on any atom is 0.320 e. The van der Waals surface area contributed by atoms with Crippen LogP contribution in [0.25, 0.3) is 11.0 Å². The first-order valence-corrected chi connectivity index (χ1v) is 6.41. The molecule has 0 saturated carbocycles. The quantitative estimate of drug-likeness (QED) is 0.610. The summed E-state index contributed by atoms with van der Waals surface area (Å²) < 4.78 is 4.81. The molecule has 0 bridgehead atoms. The lowest BCUT2D eigenvalue weighted by atomic mass is 9.81. The lowest BCUT2D eigenvalue weighted by Crippen LogP contribution is -2.39. The maximum atomic E-state index is 12.0. The largest absolute Gasteiger partial charge is 0.468 e. The molecule has 0 unspecified atom stereocenters. The molecule has 5 heteroatoms. The van der Waals surface area contributed by atoms with Gasteiger partial charge in [-0.3, -0.25) is 9.59 Å². The van der Waals surface area contributed by atoms with E-state index in [-0.39, 0.29) is 18.6 Å². The van der Waals surface area contributed by atoms with Crippen molar-refractivity contribution in [3.05, 3.63) is 35.7 Å². The minimum absolute atomic E-state index is 0.201. The van der Waals surface area contributed by atoms with Gasteiger partial charge in [-0.2, -0.15) is 0 Å². The Labute approximate surface area is 116 Å². The van der Waals surface area contributed by atoms with Gasteiger partial charge in [0.1, 0.15) is 11.2 Å². The van der Waals surface area contributed by atoms with E-state index in [4.69, 9.17) is 4.74 Å². The Balaban J connectivity index is 2.12. The summed E-state index contributed by atoms with van der Waals surface area (Å²) in [5, 5.41) is 0. The van der Waals surface area contributed by atoms with Gasteiger partial charge >= 0.3 is 5.97 Å². The van der Waals surface area contributed by atoms with Crippen LogP contribution in [-0.4, -0.2) is 28.8 Å². The number of hydrogen-bond acceptors (Lipinski definition) is 5. The van der Waals surface area contributed by atoms with Crippen molar-refractivity contribution in [1.82, 2.24) is 9.97 Å². The number of methoxy groups -OCH3 is 1. The summed E-state index contributed by atoms with van der Waals surface area (Å²) in [5.41, 5.74) is 1.81. The predicted octanol–water partition coefficient (Wildman–Crippen LogP) is 1.48. The third-order valence-electron chi connectivity index (χ3n) is 3.91. The van der Waals surface area contributed by atoms with Gasteiger partial charge in [0, 0.05) is 12.8 Å². The molecule has 0 atom stereocenters. The second-order valence-electron chi connectivity index (χ2n) is 5.09. The molecule has 0 N–H and O–H groups in total. The fourth-order valence-electron chi connectivity index (χ4n) is 2.72. The molecule has 2 aromatic rings. The number of ether oxygens (including phenoxy) is 1. The summed E-state index contributed by atoms with van der Waals surface area (Å²) in [6.45, 7) is 1.42. The highest BCUT2D eigenvalue weighted by Crippen LogP contribution is 2.37. The number of benzene rings is 1. The number of carbonyl (C=O) groups is 2. The summed E-state index contributed by atoms with van der Waals surface area (Å²) in [4.78, 5) is 33.1. The van der Waals surface area contributed by atoms with Crippen LogP contribution in [0.4, 0.5) is 0 Å². The molecule has 0 fully saturated rings. The van der Waals surface area contributed by atoms with E-state index in [2.05, 4.69) is 9.97 Å². The average Bonchev–Trinajstić information content (AvgIpc) is 2.83. The molecule has 3 rings (SSSR count). The van der Waals surface area contributed by atoms with Crippen LogP contribution < -0.4 is 0 Å². The first kappa shape index (κ1) is 12.7. The van der Waals surface area contributed by atoms with Gasteiger partial charge in [0.25, 0.3) is 0 Å². The monoisotopic (exact) mass is 270 g/mol. The van der Waals surface area contributed by atoms with Crippen molar-refractivity contribution in [3.63, 3.8) is 0 Å². The minimum atomic E-state index is -1.16. The SMILES string of the molecule is COC(=O)C1(C(C)=O)Cc2nc3ccccc3nc2C1. The number of rotatable bonds is 2. The standard InChI is InChI=1S/C15H14N2O3/c1-9(18)15(14(19)20-2)7-12-13(8-15)17-11-6-4-3-5-10(11)16-12/h3-6H,7-8H2,1-2H3. The molecule has 0 spiro atoms. The number of ketones is 1. The zero-order valence-corrected chi connectivity index (χ0v) is 11.3. The third kappa shape index (κ3) is 1.70. The van der Waals surface area contributed by atoms with Crippen LogP contribution in [0.1, 0.15) is 18.3 Å². The van der Waals surface area contributed by atoms with E-state index < -0.39 is 11.4 Å². The summed E-state index contributed by atoms with van der Waals surface area (Å²) in [7, 11) is 1.30. The lowest BCUT2D eigenvalue weighted by molar-refractivity contribution is -0.156. The molecule has 5 nitrogen and oxygen atoms in total. The summed E-state index contributed by atoms with van der Waals surface area (Å²) in [6, 6.07) is 7.51. The van der Waals surface area contributed by atoms with Crippen molar-refractivity contribution in [2.75, 3.05) is 7.11 Å². The third-order valence-corrected chi connectivity index (χ3v) is 3.91. The van der Waals surface area contributed by atoms with Crippen LogP contribution in [0.2, 0.25) is 0 Å². The number of nitrogens with zero attached hydrogens (tertiary/aromatic N) is 2. The second kappa shape index (κ2) is 4.37. The Kier molecular flexibility index (Phi) is 2.78. The molecule has 1 aromatic carbocycles. The van der Waals surface area contributed by atoms with Crippen molar-refractivity contribution < 1.29 is 14.3 Å². The molecule has 0 radical (unpaired) electrons. The maximum absolute atomic E-state index is 12.0. The van der Waals surface area contributed by atoms with Gasteiger partial charge in [0.15, 0.2) is 0 Å². The first-order valence-electron chi connectivity index (χ1n) is 6.41. The van der Waals surface area contributed by atoms with Crippen LogP contribution in [0.5, 0.6) is 0 Å². The zero-order chi connectivity index (χ0) is 14.3. The van der Waals surface area contributed by atoms with Crippen molar-refractivity contribution >= 4 is 22.8 Å². The van der Waals surface area contributed by atoms with E-state index >= 15 is 0 Å². The normalized spacial score (nSPS) is 15.9. The van der Waals surface area contributed by atoms with Crippen molar-refractivity contribution in [3.8, 4) is 0 Å². The number of Topliss-reactive ketones (excluding diaryl/α,β-unsaturated/α-hetero) is 1. The molecule has 1 aliphatic rings. The Morgan fingerprint density at radius 1 is 1.10 bits per heavy atom. The van der Waals surface area contributed by atoms with E-state index in [1.54, 1.807) is 0 Å². The molecule has 0 aliphatic heterocycles. The van der Waals surface area contributed by atoms with Crippen molar-refractivity contribution in [2.24, 2.45) is 5.41 Å². The number of fused-ring (bicyclic) bond motifs is 2. The van der Waals surface area contributed by atoms with Gasteiger partial charge in [-0.15, -0.1) is 0 Å². The molecule has 20 heavy (non-hydrogen) atoms. The summed E-state index contributed by atoms with van der Waals surface area (Å²) >= 11 is 0. The average molecular weight is 270 g/mol. The van der Waals surface area contributed by atoms with Gasteiger partial charge in [-0.25, -0.2) is 9.97 Å². The Morgan fingerprint density at radius 3 is 2.00 bits per heavy atom. The van der Waals surface area contributed by atoms with Crippen LogP contribution >= 0.6 is 0 Å². The number of esters is 1. The van der Waals surface area contributed by atoms with Crippen LogP contribution in [-0.2, 0) is 27.2 Å². The molecule has 1 aromatic heterocycles. The highest BCUT2D eigenvalue weighted by Gasteiger charge is 2.50. The van der Waals surface area contributed by atoms with E-state index in [9.17, 15) is 9.59 Å². The first-order chi connectivity index (χ1) is 9.56. The van der Waals surface area contributed by atoms with Gasteiger partial charge in [0.2, 0.25) is 0 Å². The van der Waals surface area contributed by atoms with Crippen molar-refractivity contribution in [1.29, 1.82) is 0 Å². The Hall–Kier alpha value is -2.30. The number of hydrogen-bond donors (Lipinski definition) is 0. The fourth-order valence-corrected chi connectivity index (χ4v) is 2.72. The minimum Gasteiger partial charge on any atom is -0.468 e. The molecular weight excluding hydrogens is 256 g/mol. The predicted molar refractivity (Wildman–Crippen MR) is 72.1 cm³/mol. The molecule has 1 heterocycles. The summed E-state index contributed by atoms with van der Waals surface area (Å²) in [5.74, 6) is -0.706. The lowest BCUT2D eigenvalue weighted by Gasteiger charge is -2.21. The highest BCUT2D eigenvalue weighted by atomic mass is 16.5.